The Labute approximate surface area is 107 Å². The van der Waals surface area contributed by atoms with Crippen LogP contribution in [0.4, 0.5) is 0 Å². The summed E-state index contributed by atoms with van der Waals surface area (Å²) in [6.07, 6.45) is 11.7. The first-order valence-electron chi connectivity index (χ1n) is 7.85. The molecule has 0 aromatic heterocycles. The molecule has 0 aromatic carbocycles. The molecule has 0 amide bonds. The first kappa shape index (κ1) is 13.4. The zero-order chi connectivity index (χ0) is 11.9. The summed E-state index contributed by atoms with van der Waals surface area (Å²) in [4.78, 5) is 2.77. The van der Waals surface area contributed by atoms with Gasteiger partial charge in [-0.1, -0.05) is 39.0 Å². The van der Waals surface area contributed by atoms with Gasteiger partial charge in [-0.3, -0.25) is 4.90 Å². The topological polar surface area (TPSA) is 15.3 Å². The molecule has 1 saturated heterocycles. The molecule has 0 unspecified atom stereocenters. The summed E-state index contributed by atoms with van der Waals surface area (Å²) < 4.78 is 0. The molecule has 2 fully saturated rings. The molecule has 0 aromatic rings. The van der Waals surface area contributed by atoms with Crippen LogP contribution < -0.4 is 5.32 Å². The largest absolute Gasteiger partial charge is 0.314 e. The van der Waals surface area contributed by atoms with Crippen LogP contribution >= 0.6 is 0 Å². The second kappa shape index (κ2) is 7.38. The lowest BCUT2D eigenvalue weighted by atomic mass is 9.90. The third-order valence-electron chi connectivity index (χ3n) is 4.50. The number of nitrogens with zero attached hydrogens (tertiary/aromatic N) is 1. The average molecular weight is 238 g/mol. The van der Waals surface area contributed by atoms with E-state index in [9.17, 15) is 0 Å². The van der Waals surface area contributed by atoms with Crippen LogP contribution in [0.1, 0.15) is 58.3 Å². The molecule has 17 heavy (non-hydrogen) atoms. The summed E-state index contributed by atoms with van der Waals surface area (Å²) in [5, 5.41) is 3.42. The van der Waals surface area contributed by atoms with Crippen molar-refractivity contribution in [2.45, 2.75) is 64.3 Å². The molecule has 0 atom stereocenters. The van der Waals surface area contributed by atoms with Gasteiger partial charge < -0.3 is 5.32 Å². The van der Waals surface area contributed by atoms with Crippen molar-refractivity contribution in [2.75, 3.05) is 26.2 Å². The van der Waals surface area contributed by atoms with Crippen molar-refractivity contribution in [3.63, 3.8) is 0 Å². The van der Waals surface area contributed by atoms with Gasteiger partial charge in [-0.2, -0.15) is 0 Å². The summed E-state index contributed by atoms with van der Waals surface area (Å²) in [5.74, 6) is 0.988. The van der Waals surface area contributed by atoms with Gasteiger partial charge in [0.15, 0.2) is 0 Å². The Morgan fingerprint density at radius 1 is 1.00 bits per heavy atom. The van der Waals surface area contributed by atoms with Crippen LogP contribution in [0.2, 0.25) is 0 Å². The van der Waals surface area contributed by atoms with Gasteiger partial charge in [-0.25, -0.2) is 0 Å². The number of hydrogen-bond donors (Lipinski definition) is 1. The van der Waals surface area contributed by atoms with Crippen molar-refractivity contribution in [3.8, 4) is 0 Å². The highest BCUT2D eigenvalue weighted by molar-refractivity contribution is 4.85. The molecule has 2 nitrogen and oxygen atoms in total. The molecule has 2 heteroatoms. The fourth-order valence-corrected chi connectivity index (χ4v) is 3.30. The number of nitrogens with one attached hydrogen (secondary N) is 1. The second-order valence-corrected chi connectivity index (χ2v) is 6.02. The van der Waals surface area contributed by atoms with E-state index in [1.165, 1.54) is 77.5 Å². The minimum Gasteiger partial charge on any atom is -0.314 e. The van der Waals surface area contributed by atoms with Crippen molar-refractivity contribution in [3.05, 3.63) is 0 Å². The summed E-state index contributed by atoms with van der Waals surface area (Å²) >= 11 is 0. The first-order chi connectivity index (χ1) is 8.40. The molecule has 2 aliphatic rings. The lowest BCUT2D eigenvalue weighted by molar-refractivity contribution is 0.115. The zero-order valence-corrected chi connectivity index (χ0v) is 11.6. The SMILES string of the molecule is CCCN(CC1CCCCCCC1)C1CNC1. The Morgan fingerprint density at radius 2 is 1.65 bits per heavy atom. The molecular formula is C15H30N2. The Kier molecular flexibility index (Phi) is 5.79. The molecule has 100 valence electrons. The van der Waals surface area contributed by atoms with Gasteiger partial charge in [-0.05, 0) is 31.7 Å². The van der Waals surface area contributed by atoms with Gasteiger partial charge in [0, 0.05) is 25.7 Å². The maximum Gasteiger partial charge on any atom is 0.0345 e. The molecular weight excluding hydrogens is 208 g/mol. The highest BCUT2D eigenvalue weighted by Crippen LogP contribution is 2.24. The smallest absolute Gasteiger partial charge is 0.0345 e. The van der Waals surface area contributed by atoms with Gasteiger partial charge >= 0.3 is 0 Å². The third kappa shape index (κ3) is 4.26. The van der Waals surface area contributed by atoms with E-state index in [1.54, 1.807) is 0 Å². The standard InChI is InChI=1S/C15H30N2/c1-2-10-17(15-11-16-12-15)13-14-8-6-4-3-5-7-9-14/h14-16H,2-13H2,1H3. The number of rotatable bonds is 5. The van der Waals surface area contributed by atoms with Crippen LogP contribution in [0.15, 0.2) is 0 Å². The van der Waals surface area contributed by atoms with Gasteiger partial charge in [0.1, 0.15) is 0 Å². The maximum atomic E-state index is 3.42. The van der Waals surface area contributed by atoms with E-state index in [-0.39, 0.29) is 0 Å². The molecule has 1 heterocycles. The summed E-state index contributed by atoms with van der Waals surface area (Å²) in [5.41, 5.74) is 0. The van der Waals surface area contributed by atoms with Gasteiger partial charge in [-0.15, -0.1) is 0 Å². The van der Waals surface area contributed by atoms with E-state index in [0.29, 0.717) is 0 Å². The van der Waals surface area contributed by atoms with E-state index in [0.717, 1.165) is 12.0 Å². The van der Waals surface area contributed by atoms with Crippen LogP contribution in [0.5, 0.6) is 0 Å². The normalized spacial score (nSPS) is 24.4. The fourth-order valence-electron chi connectivity index (χ4n) is 3.30. The monoisotopic (exact) mass is 238 g/mol. The lowest BCUT2D eigenvalue weighted by Gasteiger charge is -2.40. The van der Waals surface area contributed by atoms with E-state index in [2.05, 4.69) is 17.1 Å². The molecule has 0 bridgehead atoms. The van der Waals surface area contributed by atoms with Gasteiger partial charge in [0.25, 0.3) is 0 Å². The van der Waals surface area contributed by atoms with Crippen molar-refractivity contribution >= 4 is 0 Å². The maximum absolute atomic E-state index is 3.42. The molecule has 0 spiro atoms. The van der Waals surface area contributed by atoms with E-state index in [1.807, 2.05) is 0 Å². The second-order valence-electron chi connectivity index (χ2n) is 6.02. The van der Waals surface area contributed by atoms with Crippen LogP contribution in [-0.2, 0) is 0 Å². The highest BCUT2D eigenvalue weighted by atomic mass is 15.2. The van der Waals surface area contributed by atoms with E-state index in [4.69, 9.17) is 0 Å². The average Bonchev–Trinajstić information content (AvgIpc) is 2.19. The summed E-state index contributed by atoms with van der Waals surface area (Å²) in [7, 11) is 0. The van der Waals surface area contributed by atoms with Crippen LogP contribution in [0.25, 0.3) is 0 Å². The Bertz CT molecular complexity index is 193. The number of hydrogen-bond acceptors (Lipinski definition) is 2. The van der Waals surface area contributed by atoms with Crippen molar-refractivity contribution in [1.82, 2.24) is 10.2 Å². The van der Waals surface area contributed by atoms with Crippen LogP contribution in [0.3, 0.4) is 0 Å². The molecule has 1 aliphatic heterocycles. The van der Waals surface area contributed by atoms with Crippen molar-refractivity contribution < 1.29 is 0 Å². The minimum absolute atomic E-state index is 0.848. The van der Waals surface area contributed by atoms with Crippen molar-refractivity contribution in [1.29, 1.82) is 0 Å². The zero-order valence-electron chi connectivity index (χ0n) is 11.6. The van der Waals surface area contributed by atoms with E-state index >= 15 is 0 Å². The quantitative estimate of drug-likeness (QED) is 0.792. The minimum atomic E-state index is 0.848. The lowest BCUT2D eigenvalue weighted by Crippen LogP contribution is -2.58. The van der Waals surface area contributed by atoms with E-state index < -0.39 is 0 Å². The van der Waals surface area contributed by atoms with Gasteiger partial charge in [0.2, 0.25) is 0 Å². The third-order valence-corrected chi connectivity index (χ3v) is 4.50. The molecule has 1 N–H and O–H groups in total. The molecule has 2 rings (SSSR count). The fraction of sp³-hybridized carbons (Fsp3) is 1.00. The highest BCUT2D eigenvalue weighted by Gasteiger charge is 2.26. The molecule has 1 aliphatic carbocycles. The molecule has 0 radical (unpaired) electrons. The predicted octanol–water partition coefficient (Wildman–Crippen LogP) is 3.03. The summed E-state index contributed by atoms with van der Waals surface area (Å²) in [6, 6.07) is 0.848. The molecule has 1 saturated carbocycles. The summed E-state index contributed by atoms with van der Waals surface area (Å²) in [6.45, 7) is 7.46. The van der Waals surface area contributed by atoms with Gasteiger partial charge in [0.05, 0.1) is 0 Å². The van der Waals surface area contributed by atoms with Crippen LogP contribution in [-0.4, -0.2) is 37.1 Å². The van der Waals surface area contributed by atoms with Crippen molar-refractivity contribution in [2.24, 2.45) is 5.92 Å². The van der Waals surface area contributed by atoms with Crippen LogP contribution in [0, 0.1) is 5.92 Å². The Morgan fingerprint density at radius 3 is 2.18 bits per heavy atom. The Balaban J connectivity index is 1.77. The Hall–Kier alpha value is -0.0800. The predicted molar refractivity (Wildman–Crippen MR) is 74.3 cm³/mol. The first-order valence-corrected chi connectivity index (χ1v) is 7.85.